The Labute approximate surface area is 188 Å². The van der Waals surface area contributed by atoms with Crippen LogP contribution in [0.2, 0.25) is 0 Å². The van der Waals surface area contributed by atoms with Crippen molar-refractivity contribution in [1.82, 2.24) is 4.72 Å². The third-order valence-corrected chi connectivity index (χ3v) is 8.53. The maximum absolute atomic E-state index is 12.7. The van der Waals surface area contributed by atoms with Gasteiger partial charge in [-0.15, -0.1) is 0 Å². The molecule has 1 heterocycles. The van der Waals surface area contributed by atoms with Gasteiger partial charge in [-0.2, -0.15) is 0 Å². The van der Waals surface area contributed by atoms with E-state index in [4.69, 9.17) is 5.73 Å². The molecule has 3 rings (SSSR count). The molecule has 2 unspecified atom stereocenters. The van der Waals surface area contributed by atoms with Crippen LogP contribution in [0.3, 0.4) is 0 Å². The summed E-state index contributed by atoms with van der Waals surface area (Å²) in [5, 5.41) is 1.21. The molecule has 1 aliphatic carbocycles. The zero-order valence-corrected chi connectivity index (χ0v) is 19.8. The van der Waals surface area contributed by atoms with Crippen LogP contribution in [0.25, 0.3) is 0 Å². The van der Waals surface area contributed by atoms with Crippen LogP contribution in [-0.2, 0) is 27.4 Å². The van der Waals surface area contributed by atoms with Crippen molar-refractivity contribution in [1.29, 1.82) is 0 Å². The lowest BCUT2D eigenvalue weighted by atomic mass is 9.85. The Balaban J connectivity index is 1.79. The molecule has 2 atom stereocenters. The van der Waals surface area contributed by atoms with Crippen LogP contribution in [0.5, 0.6) is 0 Å². The van der Waals surface area contributed by atoms with E-state index in [-0.39, 0.29) is 6.04 Å². The predicted octanol–water partition coefficient (Wildman–Crippen LogP) is 1.48. The Morgan fingerprint density at radius 2 is 1.97 bits per heavy atom. The molecule has 6 nitrogen and oxygen atoms in total. The number of hydrogen-bond acceptors (Lipinski definition) is 4. The fourth-order valence-electron chi connectivity index (χ4n) is 4.20. The molecule has 0 aromatic heterocycles. The van der Waals surface area contributed by atoms with Gasteiger partial charge < -0.3 is 5.73 Å². The third kappa shape index (κ3) is 7.40. The quantitative estimate of drug-likeness (QED) is 0.507. The summed E-state index contributed by atoms with van der Waals surface area (Å²) in [7, 11) is -4.60. The normalized spacial score (nSPS) is 22.7. The molecule has 0 saturated heterocycles. The molecule has 1 aromatic carbocycles. The van der Waals surface area contributed by atoms with E-state index in [1.54, 1.807) is 6.08 Å². The number of sulfonamides is 1. The Morgan fingerprint density at radius 1 is 1.26 bits per heavy atom. The summed E-state index contributed by atoms with van der Waals surface area (Å²) in [6.07, 6.45) is 7.81. The highest BCUT2D eigenvalue weighted by molar-refractivity contribution is 7.92. The van der Waals surface area contributed by atoms with E-state index in [9.17, 15) is 12.6 Å². The Kier molecular flexibility index (Phi) is 8.63. The minimum absolute atomic E-state index is 0.0952. The smallest absolute Gasteiger partial charge is 0.234 e. The van der Waals surface area contributed by atoms with Crippen molar-refractivity contribution in [2.75, 3.05) is 11.5 Å². The average molecular weight is 465 g/mol. The third-order valence-electron chi connectivity index (χ3n) is 6.06. The van der Waals surface area contributed by atoms with Gasteiger partial charge in [0, 0.05) is 39.9 Å². The van der Waals surface area contributed by atoms with Crippen molar-refractivity contribution >= 4 is 26.5 Å². The van der Waals surface area contributed by atoms with Crippen LogP contribution in [-0.4, -0.2) is 35.9 Å². The van der Waals surface area contributed by atoms with Gasteiger partial charge >= 0.3 is 0 Å². The van der Waals surface area contributed by atoms with E-state index in [2.05, 4.69) is 9.71 Å². The van der Waals surface area contributed by atoms with Gasteiger partial charge in [0.1, 0.15) is 0 Å². The Bertz CT molecular complexity index is 963. The van der Waals surface area contributed by atoms with Gasteiger partial charge in [-0.3, -0.25) is 4.21 Å². The van der Waals surface area contributed by atoms with E-state index in [1.807, 2.05) is 37.3 Å². The van der Waals surface area contributed by atoms with Gasteiger partial charge in [0.25, 0.3) is 0 Å². The SMILES string of the molecule is CC(NS(=O)(=O)/C=C/C(=[NH+]Cc1ccccc1)C1=C(N)CCS(=O)C1)C1CCCCC1. The largest absolute Gasteiger partial charge is 0.402 e. The highest BCUT2D eigenvalue weighted by Crippen LogP contribution is 2.26. The molecule has 0 radical (unpaired) electrons. The van der Waals surface area contributed by atoms with Gasteiger partial charge in [0.15, 0.2) is 6.54 Å². The number of hydrogen-bond donors (Lipinski definition) is 3. The topological polar surface area (TPSA) is 103 Å². The number of allylic oxidation sites excluding steroid dienone is 2. The van der Waals surface area contributed by atoms with Crippen LogP contribution in [0.4, 0.5) is 0 Å². The highest BCUT2D eigenvalue weighted by Gasteiger charge is 2.25. The van der Waals surface area contributed by atoms with Gasteiger partial charge in [0.2, 0.25) is 15.7 Å². The Hall–Kier alpha value is -1.77. The molecule has 1 aromatic rings. The molecule has 0 spiro atoms. The molecule has 0 amide bonds. The van der Waals surface area contributed by atoms with Gasteiger partial charge in [-0.1, -0.05) is 49.6 Å². The summed E-state index contributed by atoms with van der Waals surface area (Å²) in [5.74, 6) is 1.26. The first-order valence-corrected chi connectivity index (χ1v) is 14.1. The van der Waals surface area contributed by atoms with Crippen LogP contribution < -0.4 is 15.4 Å². The molecule has 170 valence electrons. The van der Waals surface area contributed by atoms with Crippen LogP contribution in [0.1, 0.15) is 51.0 Å². The van der Waals surface area contributed by atoms with E-state index < -0.39 is 20.8 Å². The maximum atomic E-state index is 12.7. The maximum Gasteiger partial charge on any atom is 0.234 e. The molecule has 1 aliphatic heterocycles. The first-order chi connectivity index (χ1) is 14.8. The summed E-state index contributed by atoms with van der Waals surface area (Å²) in [5.41, 5.74) is 9.31. The molecular formula is C23H34N3O3S2+. The molecule has 0 bridgehead atoms. The first-order valence-electron chi connectivity index (χ1n) is 11.0. The number of rotatable bonds is 8. The monoisotopic (exact) mass is 464 g/mol. The fourth-order valence-corrected chi connectivity index (χ4v) is 6.56. The molecule has 2 aliphatic rings. The van der Waals surface area contributed by atoms with Crippen molar-refractivity contribution in [3.63, 3.8) is 0 Å². The van der Waals surface area contributed by atoms with E-state index in [1.165, 1.54) is 24.7 Å². The zero-order valence-electron chi connectivity index (χ0n) is 18.2. The van der Waals surface area contributed by atoms with Crippen LogP contribution in [0, 0.1) is 5.92 Å². The lowest BCUT2D eigenvalue weighted by Gasteiger charge is -2.27. The number of nitrogens with two attached hydrogens (primary N) is 1. The van der Waals surface area contributed by atoms with E-state index in [0.717, 1.165) is 24.0 Å². The summed E-state index contributed by atoms with van der Waals surface area (Å²) < 4.78 is 40.4. The molecular weight excluding hydrogens is 430 g/mol. The number of benzene rings is 1. The van der Waals surface area contributed by atoms with Crippen molar-refractivity contribution in [3.05, 3.63) is 58.6 Å². The minimum Gasteiger partial charge on any atom is -0.402 e. The number of nitrogens with one attached hydrogen (secondary N) is 2. The van der Waals surface area contributed by atoms with Crippen molar-refractivity contribution in [2.24, 2.45) is 11.7 Å². The first kappa shape index (κ1) is 23.9. The molecule has 31 heavy (non-hydrogen) atoms. The molecule has 8 heteroatoms. The average Bonchev–Trinajstić information content (AvgIpc) is 2.77. The highest BCUT2D eigenvalue weighted by atomic mass is 32.2. The van der Waals surface area contributed by atoms with Crippen LogP contribution >= 0.6 is 0 Å². The van der Waals surface area contributed by atoms with E-state index in [0.29, 0.717) is 41.8 Å². The minimum atomic E-state index is -3.61. The van der Waals surface area contributed by atoms with Crippen molar-refractivity contribution in [3.8, 4) is 0 Å². The van der Waals surface area contributed by atoms with E-state index >= 15 is 0 Å². The summed E-state index contributed by atoms with van der Waals surface area (Å²) in [6.45, 7) is 2.47. The Morgan fingerprint density at radius 3 is 2.68 bits per heavy atom. The summed E-state index contributed by atoms with van der Waals surface area (Å²) in [6, 6.07) is 9.75. The standard InChI is InChI=1S/C23H33N3O3S2/c1-18(20-10-6-3-7-11-20)26-31(28,29)15-13-23(21-17-30(27)14-12-22(21)24)25-16-19-8-4-2-5-9-19/h2,4-5,8-9,13,15,18,20,26H,3,6-7,10-12,14,16-17,24H2,1H3/p+1/b15-13+,25-23?. The predicted molar refractivity (Wildman–Crippen MR) is 127 cm³/mol. The molecule has 1 saturated carbocycles. The summed E-state index contributed by atoms with van der Waals surface area (Å²) >= 11 is 0. The van der Waals surface area contributed by atoms with Crippen LogP contribution in [0.15, 0.2) is 53.1 Å². The van der Waals surface area contributed by atoms with Gasteiger partial charge in [0.05, 0.1) is 16.7 Å². The van der Waals surface area contributed by atoms with Gasteiger partial charge in [-0.25, -0.2) is 18.1 Å². The molecule has 1 fully saturated rings. The second kappa shape index (κ2) is 11.2. The second-order valence-electron chi connectivity index (χ2n) is 8.45. The lowest BCUT2D eigenvalue weighted by molar-refractivity contribution is -0.473. The lowest BCUT2D eigenvalue weighted by Crippen LogP contribution is -2.71. The molecule has 4 N–H and O–H groups in total. The zero-order chi connectivity index (χ0) is 22.3. The van der Waals surface area contributed by atoms with Crippen molar-refractivity contribution < 1.29 is 17.6 Å². The van der Waals surface area contributed by atoms with Gasteiger partial charge in [-0.05, 0) is 32.1 Å². The fraction of sp³-hybridized carbons (Fsp3) is 0.522. The summed E-state index contributed by atoms with van der Waals surface area (Å²) in [4.78, 5) is 3.31. The van der Waals surface area contributed by atoms with Crippen molar-refractivity contribution in [2.45, 2.75) is 58.0 Å². The second-order valence-corrected chi connectivity index (χ2v) is 11.6.